The van der Waals surface area contributed by atoms with Gasteiger partial charge in [0.05, 0.1) is 12.8 Å². The third-order valence-corrected chi connectivity index (χ3v) is 1.32. The Labute approximate surface area is 82.0 Å². The molecule has 0 atom stereocenters. The zero-order chi connectivity index (χ0) is 11.1. The Kier molecular flexibility index (Phi) is 5.29. The fourth-order valence-corrected chi connectivity index (χ4v) is 0.804. The highest BCUT2D eigenvalue weighted by molar-refractivity contribution is 6.10. The van der Waals surface area contributed by atoms with Gasteiger partial charge in [0.25, 0.3) is 0 Å². The van der Waals surface area contributed by atoms with Crippen LogP contribution in [0.4, 0.5) is 0 Å². The second-order valence-electron chi connectivity index (χ2n) is 3.00. The average Bonchev–Trinajstić information content (AvgIpc) is 1.98. The van der Waals surface area contributed by atoms with Crippen LogP contribution in [0.5, 0.6) is 0 Å². The van der Waals surface area contributed by atoms with Gasteiger partial charge < -0.3 is 0 Å². The molecule has 0 aliphatic carbocycles. The predicted octanol–water partition coefficient (Wildman–Crippen LogP) is 0.639. The van der Waals surface area contributed by atoms with E-state index in [4.69, 9.17) is 0 Å². The zero-order valence-corrected chi connectivity index (χ0v) is 8.20. The molecular formula is C10H12O4. The lowest BCUT2D eigenvalue weighted by Crippen LogP contribution is -2.09. The van der Waals surface area contributed by atoms with Gasteiger partial charge in [0.2, 0.25) is 0 Å². The molecule has 0 radical (unpaired) electrons. The SMILES string of the molecule is CC(=O)/C=C/C(=O)CC(=O)CC(C)=O. The zero-order valence-electron chi connectivity index (χ0n) is 8.20. The first kappa shape index (κ1) is 12.4. The summed E-state index contributed by atoms with van der Waals surface area (Å²) in [6.45, 7) is 2.59. The van der Waals surface area contributed by atoms with Gasteiger partial charge in [-0.3, -0.25) is 19.2 Å². The van der Waals surface area contributed by atoms with Gasteiger partial charge in [-0.25, -0.2) is 0 Å². The van der Waals surface area contributed by atoms with Gasteiger partial charge in [0, 0.05) is 0 Å². The van der Waals surface area contributed by atoms with E-state index >= 15 is 0 Å². The number of hydrogen-bond acceptors (Lipinski definition) is 4. The summed E-state index contributed by atoms with van der Waals surface area (Å²) < 4.78 is 0. The summed E-state index contributed by atoms with van der Waals surface area (Å²) in [7, 11) is 0. The van der Waals surface area contributed by atoms with E-state index in [1.807, 2.05) is 0 Å². The molecule has 0 spiro atoms. The third kappa shape index (κ3) is 7.09. The number of rotatable bonds is 6. The van der Waals surface area contributed by atoms with E-state index in [9.17, 15) is 19.2 Å². The van der Waals surface area contributed by atoms with E-state index in [2.05, 4.69) is 0 Å². The molecule has 0 aromatic rings. The molecular weight excluding hydrogens is 184 g/mol. The third-order valence-electron chi connectivity index (χ3n) is 1.32. The Balaban J connectivity index is 4.01. The summed E-state index contributed by atoms with van der Waals surface area (Å²) in [6, 6.07) is 0. The standard InChI is InChI=1S/C10H12O4/c1-7(11)3-4-9(13)6-10(14)5-8(2)12/h3-4H,5-6H2,1-2H3/b4-3+. The first-order valence-electron chi connectivity index (χ1n) is 4.14. The molecule has 0 fully saturated rings. The molecule has 0 aromatic heterocycles. The van der Waals surface area contributed by atoms with Crippen LogP contribution in [0.25, 0.3) is 0 Å². The molecule has 4 nitrogen and oxygen atoms in total. The molecule has 0 rings (SSSR count). The summed E-state index contributed by atoms with van der Waals surface area (Å²) in [5.41, 5.74) is 0. The highest BCUT2D eigenvalue weighted by atomic mass is 16.2. The number of hydrogen-bond donors (Lipinski definition) is 0. The monoisotopic (exact) mass is 196 g/mol. The Morgan fingerprint density at radius 2 is 1.50 bits per heavy atom. The van der Waals surface area contributed by atoms with Crippen LogP contribution < -0.4 is 0 Å². The minimum absolute atomic E-state index is 0.223. The summed E-state index contributed by atoms with van der Waals surface area (Å²) in [5.74, 6) is -1.39. The molecule has 14 heavy (non-hydrogen) atoms. The summed E-state index contributed by atoms with van der Waals surface area (Å²) in [5, 5.41) is 0. The molecule has 0 unspecified atom stereocenters. The number of ketones is 4. The molecule has 0 aromatic carbocycles. The van der Waals surface area contributed by atoms with Gasteiger partial charge in [0.1, 0.15) is 11.6 Å². The highest BCUT2D eigenvalue weighted by Gasteiger charge is 2.09. The van der Waals surface area contributed by atoms with Crippen molar-refractivity contribution in [3.63, 3.8) is 0 Å². The van der Waals surface area contributed by atoms with E-state index < -0.39 is 11.6 Å². The van der Waals surface area contributed by atoms with E-state index in [0.29, 0.717) is 0 Å². The predicted molar refractivity (Wildman–Crippen MR) is 49.8 cm³/mol. The van der Waals surface area contributed by atoms with Crippen LogP contribution in [0, 0.1) is 0 Å². The molecule has 76 valence electrons. The van der Waals surface area contributed by atoms with Crippen molar-refractivity contribution < 1.29 is 19.2 Å². The number of carbonyl (C=O) groups is 4. The van der Waals surface area contributed by atoms with Crippen molar-refractivity contribution >= 4 is 23.1 Å². The van der Waals surface area contributed by atoms with Crippen molar-refractivity contribution in [1.82, 2.24) is 0 Å². The molecule has 0 bridgehead atoms. The van der Waals surface area contributed by atoms with Crippen LogP contribution in [0.1, 0.15) is 26.7 Å². The first-order valence-corrected chi connectivity index (χ1v) is 4.14. The molecule has 0 saturated carbocycles. The Hall–Kier alpha value is -1.58. The second-order valence-corrected chi connectivity index (χ2v) is 3.00. The van der Waals surface area contributed by atoms with Gasteiger partial charge in [-0.15, -0.1) is 0 Å². The Morgan fingerprint density at radius 3 is 1.93 bits per heavy atom. The van der Waals surface area contributed by atoms with Crippen molar-refractivity contribution in [3.05, 3.63) is 12.2 Å². The minimum Gasteiger partial charge on any atom is -0.300 e. The van der Waals surface area contributed by atoms with E-state index in [0.717, 1.165) is 12.2 Å². The highest BCUT2D eigenvalue weighted by Crippen LogP contribution is 1.94. The second kappa shape index (κ2) is 5.96. The summed E-state index contributed by atoms with van der Waals surface area (Å²) >= 11 is 0. The first-order chi connectivity index (χ1) is 6.41. The van der Waals surface area contributed by atoms with Crippen LogP contribution >= 0.6 is 0 Å². The van der Waals surface area contributed by atoms with Crippen LogP contribution in [0.15, 0.2) is 12.2 Å². The van der Waals surface area contributed by atoms with Gasteiger partial charge >= 0.3 is 0 Å². The molecule has 0 aliphatic rings. The lowest BCUT2D eigenvalue weighted by atomic mass is 10.1. The smallest absolute Gasteiger partial charge is 0.163 e. The van der Waals surface area contributed by atoms with Crippen LogP contribution in [0.2, 0.25) is 0 Å². The average molecular weight is 196 g/mol. The molecule has 0 amide bonds. The maximum absolute atomic E-state index is 11.0. The molecule has 4 heteroatoms. The lowest BCUT2D eigenvalue weighted by molar-refractivity contribution is -0.128. The van der Waals surface area contributed by atoms with E-state index in [1.54, 1.807) is 0 Å². The van der Waals surface area contributed by atoms with E-state index in [1.165, 1.54) is 13.8 Å². The van der Waals surface area contributed by atoms with Crippen LogP contribution in [-0.4, -0.2) is 23.1 Å². The number of Topliss-reactive ketones (excluding diaryl/α,β-unsaturated/α-hetero) is 2. The van der Waals surface area contributed by atoms with Gasteiger partial charge in [0.15, 0.2) is 11.6 Å². The topological polar surface area (TPSA) is 68.3 Å². The van der Waals surface area contributed by atoms with Crippen molar-refractivity contribution in [1.29, 1.82) is 0 Å². The minimum atomic E-state index is -0.452. The molecule has 0 saturated heterocycles. The van der Waals surface area contributed by atoms with Crippen molar-refractivity contribution in [2.75, 3.05) is 0 Å². The maximum atomic E-state index is 11.0. The molecule has 0 aliphatic heterocycles. The van der Waals surface area contributed by atoms with Gasteiger partial charge in [-0.1, -0.05) is 0 Å². The van der Waals surface area contributed by atoms with Crippen molar-refractivity contribution in [2.24, 2.45) is 0 Å². The Morgan fingerprint density at radius 1 is 0.929 bits per heavy atom. The molecule has 0 heterocycles. The lowest BCUT2D eigenvalue weighted by Gasteiger charge is -1.93. The maximum Gasteiger partial charge on any atom is 0.163 e. The van der Waals surface area contributed by atoms with Gasteiger partial charge in [-0.2, -0.15) is 0 Å². The summed E-state index contributed by atoms with van der Waals surface area (Å²) in [4.78, 5) is 42.8. The fourth-order valence-electron chi connectivity index (χ4n) is 0.804. The van der Waals surface area contributed by atoms with E-state index in [-0.39, 0.29) is 24.4 Å². The number of allylic oxidation sites excluding steroid dienone is 2. The number of carbonyl (C=O) groups excluding carboxylic acids is 4. The largest absolute Gasteiger partial charge is 0.300 e. The van der Waals surface area contributed by atoms with Crippen molar-refractivity contribution in [3.8, 4) is 0 Å². The summed E-state index contributed by atoms with van der Waals surface area (Å²) in [6.07, 6.45) is 1.62. The fraction of sp³-hybridized carbons (Fsp3) is 0.400. The molecule has 0 N–H and O–H groups in total. The van der Waals surface area contributed by atoms with Gasteiger partial charge in [-0.05, 0) is 26.0 Å². The normalized spacial score (nSPS) is 10.1. The Bertz CT molecular complexity index is 299. The van der Waals surface area contributed by atoms with Crippen LogP contribution in [0.3, 0.4) is 0 Å². The van der Waals surface area contributed by atoms with Crippen molar-refractivity contribution in [2.45, 2.75) is 26.7 Å². The quantitative estimate of drug-likeness (QED) is 0.461. The van der Waals surface area contributed by atoms with Crippen LogP contribution in [-0.2, 0) is 19.2 Å².